The summed E-state index contributed by atoms with van der Waals surface area (Å²) in [5.41, 5.74) is 3.04. The number of rotatable bonds is 5. The molecule has 2 aromatic rings. The fourth-order valence-corrected chi connectivity index (χ4v) is 3.31. The summed E-state index contributed by atoms with van der Waals surface area (Å²) >= 11 is 0. The third-order valence-electron chi connectivity index (χ3n) is 4.74. The highest BCUT2D eigenvalue weighted by atomic mass is 15.3. The zero-order valence-corrected chi connectivity index (χ0v) is 14.4. The minimum absolute atomic E-state index is 0.640. The van der Waals surface area contributed by atoms with Crippen LogP contribution < -0.4 is 0 Å². The van der Waals surface area contributed by atoms with Crippen LogP contribution in [0.1, 0.15) is 39.3 Å². The maximum atomic E-state index is 4.64. The van der Waals surface area contributed by atoms with Crippen molar-refractivity contribution in [1.82, 2.24) is 24.6 Å². The molecule has 1 saturated heterocycles. The fourth-order valence-electron chi connectivity index (χ4n) is 3.31. The number of likely N-dealkylation sites (tertiary alicyclic amines) is 1. The zero-order valence-electron chi connectivity index (χ0n) is 14.4. The van der Waals surface area contributed by atoms with E-state index in [2.05, 4.69) is 40.7 Å². The van der Waals surface area contributed by atoms with Gasteiger partial charge in [0.25, 0.3) is 0 Å². The minimum atomic E-state index is 0.640. The second-order valence-corrected chi connectivity index (χ2v) is 6.78. The summed E-state index contributed by atoms with van der Waals surface area (Å²) in [7, 11) is 0. The predicted octanol–water partition coefficient (Wildman–Crippen LogP) is 3.02. The van der Waals surface area contributed by atoms with Gasteiger partial charge < -0.3 is 4.90 Å². The van der Waals surface area contributed by atoms with Crippen LogP contribution in [0.4, 0.5) is 0 Å². The maximum Gasteiger partial charge on any atom is 0.0916 e. The second kappa shape index (κ2) is 7.21. The van der Waals surface area contributed by atoms with Crippen molar-refractivity contribution in [2.24, 2.45) is 5.92 Å². The Balaban J connectivity index is 1.63. The second-order valence-electron chi connectivity index (χ2n) is 6.78. The van der Waals surface area contributed by atoms with E-state index >= 15 is 0 Å². The Morgan fingerprint density at radius 2 is 2.09 bits per heavy atom. The van der Waals surface area contributed by atoms with Gasteiger partial charge in [0.2, 0.25) is 0 Å². The molecule has 0 aromatic carbocycles. The lowest BCUT2D eigenvalue weighted by Gasteiger charge is -2.35. The molecule has 124 valence electrons. The number of hydrogen-bond acceptors (Lipinski definition) is 4. The molecule has 2 aromatic heterocycles. The molecule has 1 atom stereocenters. The van der Waals surface area contributed by atoms with Gasteiger partial charge in [-0.25, -0.2) is 0 Å². The van der Waals surface area contributed by atoms with Crippen LogP contribution in [-0.2, 0) is 13.0 Å². The van der Waals surface area contributed by atoms with Crippen molar-refractivity contribution in [3.8, 4) is 11.3 Å². The van der Waals surface area contributed by atoms with Gasteiger partial charge in [-0.2, -0.15) is 5.10 Å². The van der Waals surface area contributed by atoms with Crippen molar-refractivity contribution in [2.45, 2.75) is 52.6 Å². The molecule has 0 bridgehead atoms. The number of nitrogens with zero attached hydrogens (tertiary/aromatic N) is 5. The van der Waals surface area contributed by atoms with Crippen LogP contribution in [0.15, 0.2) is 24.8 Å². The smallest absolute Gasteiger partial charge is 0.0916 e. The van der Waals surface area contributed by atoms with Crippen molar-refractivity contribution in [2.75, 3.05) is 13.1 Å². The zero-order chi connectivity index (χ0) is 16.2. The van der Waals surface area contributed by atoms with E-state index in [0.29, 0.717) is 12.0 Å². The van der Waals surface area contributed by atoms with Gasteiger partial charge in [0, 0.05) is 37.1 Å². The van der Waals surface area contributed by atoms with E-state index in [0.717, 1.165) is 29.9 Å². The average molecular weight is 313 g/mol. The van der Waals surface area contributed by atoms with Crippen molar-refractivity contribution < 1.29 is 0 Å². The van der Waals surface area contributed by atoms with E-state index < -0.39 is 0 Å². The Morgan fingerprint density at radius 3 is 2.74 bits per heavy atom. The monoisotopic (exact) mass is 313 g/mol. The van der Waals surface area contributed by atoms with Gasteiger partial charge >= 0.3 is 0 Å². The highest BCUT2D eigenvalue weighted by molar-refractivity contribution is 5.55. The van der Waals surface area contributed by atoms with Crippen LogP contribution in [-0.4, -0.2) is 43.8 Å². The molecule has 0 saturated carbocycles. The van der Waals surface area contributed by atoms with Crippen molar-refractivity contribution in [1.29, 1.82) is 0 Å². The van der Waals surface area contributed by atoms with Crippen LogP contribution in [0, 0.1) is 5.92 Å². The molecule has 1 fully saturated rings. The molecule has 5 heteroatoms. The molecule has 1 aliphatic rings. The summed E-state index contributed by atoms with van der Waals surface area (Å²) in [6.07, 6.45) is 11.3. The van der Waals surface area contributed by atoms with Crippen molar-refractivity contribution in [3.05, 3.63) is 30.5 Å². The summed E-state index contributed by atoms with van der Waals surface area (Å²) < 4.78 is 1.91. The van der Waals surface area contributed by atoms with Gasteiger partial charge in [-0.05, 0) is 52.5 Å². The standard InChI is InChI=1S/C18H27N5/c1-4-23-13-16(9-21-23)18-11-19-17(10-20-18)8-15-6-5-7-22(12-15)14(2)3/h9-11,13-15H,4-8,12H2,1-3H3/t15-/m1/s1. The van der Waals surface area contributed by atoms with Gasteiger partial charge in [-0.15, -0.1) is 0 Å². The lowest BCUT2D eigenvalue weighted by molar-refractivity contribution is 0.139. The highest BCUT2D eigenvalue weighted by Crippen LogP contribution is 2.22. The van der Waals surface area contributed by atoms with Crippen LogP contribution in [0.2, 0.25) is 0 Å². The SMILES string of the molecule is CCn1cc(-c2cnc(C[C@H]3CCCN(C(C)C)C3)cn2)cn1. The summed E-state index contributed by atoms with van der Waals surface area (Å²) in [6, 6.07) is 0.640. The van der Waals surface area contributed by atoms with E-state index in [1.165, 1.54) is 25.9 Å². The van der Waals surface area contributed by atoms with E-state index in [9.17, 15) is 0 Å². The number of hydrogen-bond donors (Lipinski definition) is 0. The topological polar surface area (TPSA) is 46.8 Å². The Bertz CT molecular complexity index is 617. The third-order valence-corrected chi connectivity index (χ3v) is 4.74. The molecule has 0 spiro atoms. The first kappa shape index (κ1) is 16.1. The summed E-state index contributed by atoms with van der Waals surface area (Å²) in [4.78, 5) is 11.8. The largest absolute Gasteiger partial charge is 0.301 e. The first-order valence-electron chi connectivity index (χ1n) is 8.73. The van der Waals surface area contributed by atoms with Crippen molar-refractivity contribution in [3.63, 3.8) is 0 Å². The summed E-state index contributed by atoms with van der Waals surface area (Å²) in [5.74, 6) is 0.703. The van der Waals surface area contributed by atoms with Crippen LogP contribution >= 0.6 is 0 Å². The number of aromatic nitrogens is 4. The first-order valence-corrected chi connectivity index (χ1v) is 8.73. The predicted molar refractivity (Wildman–Crippen MR) is 92.1 cm³/mol. The molecule has 3 rings (SSSR count). The molecule has 0 amide bonds. The van der Waals surface area contributed by atoms with Gasteiger partial charge in [-0.1, -0.05) is 0 Å². The summed E-state index contributed by atoms with van der Waals surface area (Å²) in [5, 5.41) is 4.30. The Hall–Kier alpha value is -1.75. The molecule has 3 heterocycles. The Morgan fingerprint density at radius 1 is 1.22 bits per heavy atom. The minimum Gasteiger partial charge on any atom is -0.301 e. The first-order chi connectivity index (χ1) is 11.2. The molecule has 1 aliphatic heterocycles. The normalized spacial score (nSPS) is 19.4. The quantitative estimate of drug-likeness (QED) is 0.851. The highest BCUT2D eigenvalue weighted by Gasteiger charge is 2.22. The lowest BCUT2D eigenvalue weighted by Crippen LogP contribution is -2.40. The molecule has 0 unspecified atom stereocenters. The van der Waals surface area contributed by atoms with Crippen LogP contribution in [0.25, 0.3) is 11.3 Å². The fraction of sp³-hybridized carbons (Fsp3) is 0.611. The molecule has 0 aliphatic carbocycles. The van der Waals surface area contributed by atoms with Gasteiger partial charge in [-0.3, -0.25) is 14.6 Å². The van der Waals surface area contributed by atoms with Gasteiger partial charge in [0.1, 0.15) is 0 Å². The molecule has 23 heavy (non-hydrogen) atoms. The molecular weight excluding hydrogens is 286 g/mol. The molecule has 0 radical (unpaired) electrons. The number of aryl methyl sites for hydroxylation is 1. The van der Waals surface area contributed by atoms with E-state index in [4.69, 9.17) is 0 Å². The third kappa shape index (κ3) is 3.96. The van der Waals surface area contributed by atoms with E-state index in [1.54, 1.807) is 0 Å². The van der Waals surface area contributed by atoms with Crippen LogP contribution in [0.5, 0.6) is 0 Å². The van der Waals surface area contributed by atoms with Gasteiger partial charge in [0.05, 0.1) is 23.8 Å². The molecule has 0 N–H and O–H groups in total. The summed E-state index contributed by atoms with van der Waals surface area (Å²) in [6.45, 7) is 9.95. The Kier molecular flexibility index (Phi) is 5.06. The average Bonchev–Trinajstić information content (AvgIpc) is 3.05. The van der Waals surface area contributed by atoms with E-state index in [1.807, 2.05) is 29.5 Å². The maximum absolute atomic E-state index is 4.64. The molecular formula is C18H27N5. The van der Waals surface area contributed by atoms with E-state index in [-0.39, 0.29) is 0 Å². The lowest BCUT2D eigenvalue weighted by atomic mass is 9.93. The Labute approximate surface area is 138 Å². The van der Waals surface area contributed by atoms with Gasteiger partial charge in [0.15, 0.2) is 0 Å². The molecule has 5 nitrogen and oxygen atoms in total. The number of piperidine rings is 1. The van der Waals surface area contributed by atoms with Crippen molar-refractivity contribution >= 4 is 0 Å². The van der Waals surface area contributed by atoms with Crippen LogP contribution in [0.3, 0.4) is 0 Å².